The minimum atomic E-state index is 0.0894. The zero-order valence-electron chi connectivity index (χ0n) is 17.2. The van der Waals surface area contributed by atoms with Gasteiger partial charge in [0.05, 0.1) is 5.75 Å². The maximum Gasteiger partial charge on any atom is 0.237 e. The first-order valence-electron chi connectivity index (χ1n) is 10.2. The summed E-state index contributed by atoms with van der Waals surface area (Å²) in [5.74, 6) is 1.95. The molecule has 4 aromatic rings. The second-order valence-electron chi connectivity index (χ2n) is 7.44. The van der Waals surface area contributed by atoms with Gasteiger partial charge in [0.15, 0.2) is 11.0 Å². The monoisotopic (exact) mass is 430 g/mol. The Morgan fingerprint density at radius 3 is 2.77 bits per heavy atom. The van der Waals surface area contributed by atoms with Gasteiger partial charge in [-0.1, -0.05) is 66.4 Å². The van der Waals surface area contributed by atoms with Crippen LogP contribution in [0.3, 0.4) is 0 Å². The summed E-state index contributed by atoms with van der Waals surface area (Å²) in [6.45, 7) is 1.05. The van der Waals surface area contributed by atoms with Gasteiger partial charge in [-0.3, -0.25) is 4.79 Å². The highest BCUT2D eigenvalue weighted by molar-refractivity contribution is 7.99. The third-order valence-electron chi connectivity index (χ3n) is 5.54. The average molecular weight is 431 g/mol. The maximum absolute atomic E-state index is 12.8. The standard InChI is InChI=1S/C24H22N4O2S/c1-27-22(15-30-21-12-6-9-17-7-2-4-10-19(17)21)25-26-24(27)31-16-23(29)28-14-13-18-8-3-5-11-20(18)28/h2-12H,13-16H2,1H3. The molecular weight excluding hydrogens is 408 g/mol. The Morgan fingerprint density at radius 1 is 1.03 bits per heavy atom. The SMILES string of the molecule is Cn1c(COc2cccc3ccccc23)nnc1SCC(=O)N1CCc2ccccc21. The number of benzene rings is 3. The summed E-state index contributed by atoms with van der Waals surface area (Å²) in [7, 11) is 1.90. The van der Waals surface area contributed by atoms with Crippen molar-refractivity contribution in [3.63, 3.8) is 0 Å². The topological polar surface area (TPSA) is 60.2 Å². The van der Waals surface area contributed by atoms with Gasteiger partial charge in [-0.05, 0) is 29.5 Å². The lowest BCUT2D eigenvalue weighted by molar-refractivity contribution is -0.116. The van der Waals surface area contributed by atoms with E-state index in [0.29, 0.717) is 17.5 Å². The summed E-state index contributed by atoms with van der Waals surface area (Å²) in [4.78, 5) is 14.6. The molecule has 0 radical (unpaired) electrons. The first-order valence-corrected chi connectivity index (χ1v) is 11.2. The Balaban J connectivity index is 1.23. The molecule has 31 heavy (non-hydrogen) atoms. The number of anilines is 1. The molecule has 2 heterocycles. The maximum atomic E-state index is 12.8. The first-order chi connectivity index (χ1) is 15.2. The molecule has 3 aromatic carbocycles. The highest BCUT2D eigenvalue weighted by atomic mass is 32.2. The van der Waals surface area contributed by atoms with Crippen LogP contribution in [0.15, 0.2) is 71.9 Å². The fourth-order valence-corrected chi connectivity index (χ4v) is 4.67. The second-order valence-corrected chi connectivity index (χ2v) is 8.38. The average Bonchev–Trinajstić information content (AvgIpc) is 3.39. The smallest absolute Gasteiger partial charge is 0.237 e. The van der Waals surface area contributed by atoms with E-state index in [9.17, 15) is 4.79 Å². The van der Waals surface area contributed by atoms with Crippen molar-refractivity contribution in [2.75, 3.05) is 17.2 Å². The molecule has 1 amide bonds. The third-order valence-corrected chi connectivity index (χ3v) is 6.55. The molecule has 0 fully saturated rings. The predicted molar refractivity (Wildman–Crippen MR) is 123 cm³/mol. The summed E-state index contributed by atoms with van der Waals surface area (Å²) in [6.07, 6.45) is 0.909. The van der Waals surface area contributed by atoms with Crippen molar-refractivity contribution >= 4 is 34.1 Å². The number of ether oxygens (including phenoxy) is 1. The van der Waals surface area contributed by atoms with E-state index in [-0.39, 0.29) is 5.91 Å². The summed E-state index contributed by atoms with van der Waals surface area (Å²) in [5.41, 5.74) is 2.25. The molecule has 156 valence electrons. The van der Waals surface area contributed by atoms with Crippen molar-refractivity contribution in [3.8, 4) is 5.75 Å². The van der Waals surface area contributed by atoms with Crippen LogP contribution >= 0.6 is 11.8 Å². The Labute approximate surface area is 184 Å². The molecule has 1 aromatic heterocycles. The Kier molecular flexibility index (Phi) is 5.34. The zero-order valence-corrected chi connectivity index (χ0v) is 18.0. The number of carbonyl (C=O) groups excluding carboxylic acids is 1. The van der Waals surface area contributed by atoms with Crippen LogP contribution < -0.4 is 9.64 Å². The van der Waals surface area contributed by atoms with E-state index in [2.05, 4.69) is 28.4 Å². The van der Waals surface area contributed by atoms with Crippen molar-refractivity contribution in [2.45, 2.75) is 18.2 Å². The highest BCUT2D eigenvalue weighted by Gasteiger charge is 2.24. The van der Waals surface area contributed by atoms with E-state index in [4.69, 9.17) is 4.74 Å². The first kappa shape index (κ1) is 19.6. The van der Waals surface area contributed by atoms with Crippen LogP contribution in [0, 0.1) is 0 Å². The number of amides is 1. The lowest BCUT2D eigenvalue weighted by Gasteiger charge is -2.16. The molecule has 0 aliphatic carbocycles. The molecular formula is C24H22N4O2S. The van der Waals surface area contributed by atoms with Crippen LogP contribution in [0.1, 0.15) is 11.4 Å². The molecule has 5 rings (SSSR count). The molecule has 0 spiro atoms. The second kappa shape index (κ2) is 8.43. The molecule has 0 unspecified atom stereocenters. The molecule has 0 bridgehead atoms. The predicted octanol–water partition coefficient (Wildman–Crippen LogP) is 4.23. The summed E-state index contributed by atoms with van der Waals surface area (Å²) >= 11 is 1.40. The molecule has 0 N–H and O–H groups in total. The molecule has 0 saturated carbocycles. The van der Waals surface area contributed by atoms with Crippen LogP contribution in [0.5, 0.6) is 5.75 Å². The number of nitrogens with zero attached hydrogens (tertiary/aromatic N) is 4. The fraction of sp³-hybridized carbons (Fsp3) is 0.208. The van der Waals surface area contributed by atoms with Crippen LogP contribution in [0.25, 0.3) is 10.8 Å². The van der Waals surface area contributed by atoms with Gasteiger partial charge >= 0.3 is 0 Å². The number of para-hydroxylation sites is 1. The molecule has 1 aliphatic heterocycles. The van der Waals surface area contributed by atoms with E-state index in [0.717, 1.165) is 41.0 Å². The van der Waals surface area contributed by atoms with Gasteiger partial charge < -0.3 is 14.2 Å². The Hall–Kier alpha value is -3.32. The van der Waals surface area contributed by atoms with Gasteiger partial charge in [-0.15, -0.1) is 10.2 Å². The number of hydrogen-bond donors (Lipinski definition) is 0. The Morgan fingerprint density at radius 2 is 1.84 bits per heavy atom. The van der Waals surface area contributed by atoms with E-state index in [1.807, 2.05) is 65.0 Å². The number of thioether (sulfide) groups is 1. The van der Waals surface area contributed by atoms with Crippen LogP contribution in [0.2, 0.25) is 0 Å². The van der Waals surface area contributed by atoms with Crippen molar-refractivity contribution in [3.05, 3.63) is 78.1 Å². The minimum Gasteiger partial charge on any atom is -0.485 e. The van der Waals surface area contributed by atoms with Crippen LogP contribution in [0.4, 0.5) is 5.69 Å². The van der Waals surface area contributed by atoms with Gasteiger partial charge in [0.1, 0.15) is 12.4 Å². The number of hydrogen-bond acceptors (Lipinski definition) is 5. The molecule has 1 aliphatic rings. The van der Waals surface area contributed by atoms with E-state index in [1.54, 1.807) is 0 Å². The van der Waals surface area contributed by atoms with E-state index in [1.165, 1.54) is 17.3 Å². The molecule has 0 atom stereocenters. The van der Waals surface area contributed by atoms with Gasteiger partial charge in [0.2, 0.25) is 5.91 Å². The summed E-state index contributed by atoms with van der Waals surface area (Å²) < 4.78 is 7.93. The Bertz CT molecular complexity index is 1250. The van der Waals surface area contributed by atoms with Crippen LogP contribution in [-0.4, -0.2) is 33.0 Å². The molecule has 7 heteroatoms. The summed E-state index contributed by atoms with van der Waals surface area (Å²) in [6, 6.07) is 22.2. The van der Waals surface area contributed by atoms with Crippen molar-refractivity contribution < 1.29 is 9.53 Å². The van der Waals surface area contributed by atoms with Gasteiger partial charge in [-0.2, -0.15) is 0 Å². The van der Waals surface area contributed by atoms with Crippen LogP contribution in [-0.2, 0) is 24.9 Å². The number of carbonyl (C=O) groups is 1. The van der Waals surface area contributed by atoms with Gasteiger partial charge in [-0.25, -0.2) is 0 Å². The van der Waals surface area contributed by atoms with Gasteiger partial charge in [0.25, 0.3) is 0 Å². The zero-order chi connectivity index (χ0) is 21.2. The largest absolute Gasteiger partial charge is 0.485 e. The number of rotatable bonds is 6. The molecule has 6 nitrogen and oxygen atoms in total. The van der Waals surface area contributed by atoms with Gasteiger partial charge in [0, 0.05) is 24.7 Å². The number of aromatic nitrogens is 3. The fourth-order valence-electron chi connectivity index (χ4n) is 3.86. The summed E-state index contributed by atoms with van der Waals surface area (Å²) in [5, 5.41) is 11.4. The van der Waals surface area contributed by atoms with E-state index < -0.39 is 0 Å². The quantitative estimate of drug-likeness (QED) is 0.429. The lowest BCUT2D eigenvalue weighted by Crippen LogP contribution is -2.30. The number of fused-ring (bicyclic) bond motifs is 2. The molecule has 0 saturated heterocycles. The van der Waals surface area contributed by atoms with E-state index >= 15 is 0 Å². The third kappa shape index (κ3) is 3.88. The van der Waals surface area contributed by atoms with Crippen molar-refractivity contribution in [2.24, 2.45) is 7.05 Å². The lowest BCUT2D eigenvalue weighted by atomic mass is 10.1. The minimum absolute atomic E-state index is 0.0894. The normalized spacial score (nSPS) is 12.9. The highest BCUT2D eigenvalue weighted by Crippen LogP contribution is 2.29. The van der Waals surface area contributed by atoms with Crippen molar-refractivity contribution in [1.82, 2.24) is 14.8 Å². The van der Waals surface area contributed by atoms with Crippen molar-refractivity contribution in [1.29, 1.82) is 0 Å².